The monoisotopic (exact) mass is 501 g/mol. The number of hydrogen-bond acceptors (Lipinski definition) is 3. The van der Waals surface area contributed by atoms with Gasteiger partial charge >= 0.3 is 0 Å². The molecule has 0 aliphatic rings. The molecule has 1 N–H and O–H groups in total. The number of rotatable bonds is 11. The van der Waals surface area contributed by atoms with E-state index in [1.54, 1.807) is 0 Å². The molecule has 2 aromatic carbocycles. The van der Waals surface area contributed by atoms with Gasteiger partial charge in [0.1, 0.15) is 11.5 Å². The number of nitrogens with one attached hydrogen (secondary N) is 1. The highest BCUT2D eigenvalue weighted by Gasteiger charge is 2.19. The summed E-state index contributed by atoms with van der Waals surface area (Å²) in [7, 11) is 2.02. The number of benzene rings is 2. The first kappa shape index (κ1) is 28.6. The Hall–Kier alpha value is -2.92. The van der Waals surface area contributed by atoms with Gasteiger partial charge < -0.3 is 14.5 Å². The van der Waals surface area contributed by atoms with E-state index in [1.807, 2.05) is 27.1 Å². The quantitative estimate of drug-likeness (QED) is 0.211. The van der Waals surface area contributed by atoms with E-state index in [1.165, 1.54) is 41.3 Å². The summed E-state index contributed by atoms with van der Waals surface area (Å²) >= 11 is 0. The van der Waals surface area contributed by atoms with E-state index in [9.17, 15) is 0 Å². The number of aromatic nitrogens is 4. The Kier molecular flexibility index (Phi) is 10.5. The topological polar surface area (TPSA) is 47.7 Å². The van der Waals surface area contributed by atoms with Crippen molar-refractivity contribution in [2.24, 2.45) is 5.41 Å². The molecular formula is C32H47N5. The highest BCUT2D eigenvalue weighted by Crippen LogP contribution is 2.31. The van der Waals surface area contributed by atoms with E-state index in [0.717, 1.165) is 49.8 Å². The summed E-state index contributed by atoms with van der Waals surface area (Å²) < 4.78 is 4.77. The van der Waals surface area contributed by atoms with Crippen molar-refractivity contribution in [1.82, 2.24) is 24.4 Å². The van der Waals surface area contributed by atoms with Crippen molar-refractivity contribution in [1.29, 1.82) is 0 Å². The largest absolute Gasteiger partial charge is 0.326 e. The second-order valence-corrected chi connectivity index (χ2v) is 10.9. The summed E-state index contributed by atoms with van der Waals surface area (Å²) in [6, 6.07) is 15.3. The lowest BCUT2D eigenvalue weighted by atomic mass is 9.90. The lowest BCUT2D eigenvalue weighted by molar-refractivity contribution is 0.354. The van der Waals surface area contributed by atoms with Gasteiger partial charge in [-0.2, -0.15) is 0 Å². The first-order valence-corrected chi connectivity index (χ1v) is 14.1. The van der Waals surface area contributed by atoms with Gasteiger partial charge in [-0.25, -0.2) is 9.97 Å². The molecule has 0 saturated heterocycles. The van der Waals surface area contributed by atoms with E-state index in [2.05, 4.69) is 95.8 Å². The molecule has 0 bridgehead atoms. The highest BCUT2D eigenvalue weighted by atomic mass is 15.2. The second kappa shape index (κ2) is 13.6. The summed E-state index contributed by atoms with van der Waals surface area (Å²) in [5.74, 6) is 2.09. The van der Waals surface area contributed by atoms with Crippen molar-refractivity contribution in [2.75, 3.05) is 13.6 Å². The predicted octanol–water partition coefficient (Wildman–Crippen LogP) is 8.12. The predicted molar refractivity (Wildman–Crippen MR) is 159 cm³/mol. The second-order valence-electron chi connectivity index (χ2n) is 10.9. The maximum Gasteiger partial charge on any atom is 0.158 e. The van der Waals surface area contributed by atoms with Crippen molar-refractivity contribution in [3.8, 4) is 22.8 Å². The van der Waals surface area contributed by atoms with Crippen LogP contribution in [0.15, 0.2) is 54.9 Å². The molecular weight excluding hydrogens is 454 g/mol. The van der Waals surface area contributed by atoms with Crippen molar-refractivity contribution in [2.45, 2.75) is 86.7 Å². The Bertz CT molecular complexity index is 1240. The molecule has 0 aliphatic carbocycles. The van der Waals surface area contributed by atoms with Crippen LogP contribution in [0.4, 0.5) is 0 Å². The molecule has 0 radical (unpaired) electrons. The van der Waals surface area contributed by atoms with Gasteiger partial charge in [-0.3, -0.25) is 0 Å². The van der Waals surface area contributed by atoms with Crippen LogP contribution in [0, 0.1) is 12.3 Å². The van der Waals surface area contributed by atoms with E-state index in [4.69, 9.17) is 4.98 Å². The van der Waals surface area contributed by atoms with Crippen LogP contribution < -0.4 is 5.32 Å². The first-order chi connectivity index (χ1) is 17.9. The van der Waals surface area contributed by atoms with Crippen LogP contribution in [-0.2, 0) is 13.1 Å². The number of aryl methyl sites for hydroxylation is 1. The molecule has 37 heavy (non-hydrogen) atoms. The standard InChI is InChI=1S/C30H41N5.C2H6/c1-23-32-22-28(34(23)18-10-6-9-17-31-5)29-33-21-27(35(29)19-11-16-30(2,3)4)26-15-14-24-12-7-8-13-25(24)20-26;1-2/h7-8,12-15,20-22,31H,6,9-11,16-19H2,1-5H3;1-2H3. The van der Waals surface area contributed by atoms with Crippen molar-refractivity contribution < 1.29 is 0 Å². The van der Waals surface area contributed by atoms with Crippen LogP contribution in [0.2, 0.25) is 0 Å². The molecule has 5 heteroatoms. The van der Waals surface area contributed by atoms with Gasteiger partial charge in [0.2, 0.25) is 0 Å². The minimum absolute atomic E-state index is 0.315. The molecule has 0 unspecified atom stereocenters. The van der Waals surface area contributed by atoms with Gasteiger partial charge in [0.05, 0.1) is 18.1 Å². The van der Waals surface area contributed by atoms with Gasteiger partial charge in [0.25, 0.3) is 0 Å². The van der Waals surface area contributed by atoms with Crippen LogP contribution in [0.1, 0.15) is 72.5 Å². The molecule has 0 atom stereocenters. The van der Waals surface area contributed by atoms with Crippen molar-refractivity contribution in [3.63, 3.8) is 0 Å². The van der Waals surface area contributed by atoms with Crippen LogP contribution in [0.3, 0.4) is 0 Å². The molecule has 0 saturated carbocycles. The van der Waals surface area contributed by atoms with E-state index in [0.29, 0.717) is 5.41 Å². The zero-order valence-corrected chi connectivity index (χ0v) is 24.1. The van der Waals surface area contributed by atoms with Gasteiger partial charge in [-0.15, -0.1) is 0 Å². The number of nitrogens with zero attached hydrogens (tertiary/aromatic N) is 4. The van der Waals surface area contributed by atoms with Gasteiger partial charge in [-0.1, -0.05) is 77.4 Å². The molecule has 200 valence electrons. The molecule has 0 spiro atoms. The van der Waals surface area contributed by atoms with Crippen LogP contribution in [-0.4, -0.2) is 32.7 Å². The average molecular weight is 502 g/mol. The third-order valence-electron chi connectivity index (χ3n) is 6.80. The Morgan fingerprint density at radius 2 is 1.49 bits per heavy atom. The SMILES string of the molecule is CC.CNCCCCCn1c(-c2ncc(-c3ccc4ccccc4c3)n2CCCC(C)(C)C)cnc1C. The summed E-state index contributed by atoms with van der Waals surface area (Å²) in [6.07, 6.45) is 9.91. The molecule has 2 heterocycles. The van der Waals surface area contributed by atoms with E-state index >= 15 is 0 Å². The first-order valence-electron chi connectivity index (χ1n) is 14.1. The Labute approximate surface area is 224 Å². The minimum Gasteiger partial charge on any atom is -0.326 e. The van der Waals surface area contributed by atoms with Crippen molar-refractivity contribution >= 4 is 10.8 Å². The summed E-state index contributed by atoms with van der Waals surface area (Å²) in [5, 5.41) is 5.77. The minimum atomic E-state index is 0.315. The number of imidazole rings is 2. The molecule has 0 aliphatic heterocycles. The van der Waals surface area contributed by atoms with E-state index in [-0.39, 0.29) is 0 Å². The molecule has 4 aromatic rings. The fourth-order valence-electron chi connectivity index (χ4n) is 4.83. The maximum atomic E-state index is 4.98. The molecule has 2 aromatic heterocycles. The van der Waals surface area contributed by atoms with Crippen LogP contribution in [0.25, 0.3) is 33.5 Å². The zero-order valence-electron chi connectivity index (χ0n) is 24.1. The number of fused-ring (bicyclic) bond motifs is 1. The Morgan fingerprint density at radius 3 is 2.22 bits per heavy atom. The van der Waals surface area contributed by atoms with Gasteiger partial charge in [0, 0.05) is 18.7 Å². The molecule has 0 fully saturated rings. The third-order valence-corrected chi connectivity index (χ3v) is 6.80. The smallest absolute Gasteiger partial charge is 0.158 e. The Morgan fingerprint density at radius 1 is 0.784 bits per heavy atom. The number of unbranched alkanes of at least 4 members (excludes halogenated alkanes) is 2. The maximum absolute atomic E-state index is 4.98. The summed E-state index contributed by atoms with van der Waals surface area (Å²) in [4.78, 5) is 9.67. The number of hydrogen-bond donors (Lipinski definition) is 1. The van der Waals surface area contributed by atoms with E-state index < -0.39 is 0 Å². The van der Waals surface area contributed by atoms with Crippen molar-refractivity contribution in [3.05, 3.63) is 60.7 Å². The molecule has 4 rings (SSSR count). The average Bonchev–Trinajstić information content (AvgIpc) is 3.47. The van der Waals surface area contributed by atoms with Gasteiger partial charge in [-0.05, 0) is 68.5 Å². The van der Waals surface area contributed by atoms with Crippen LogP contribution in [0.5, 0.6) is 0 Å². The van der Waals surface area contributed by atoms with Gasteiger partial charge in [0.15, 0.2) is 5.82 Å². The molecule has 0 amide bonds. The summed E-state index contributed by atoms with van der Waals surface area (Å²) in [6.45, 7) is 16.1. The fraction of sp³-hybridized carbons (Fsp3) is 0.500. The molecule has 5 nitrogen and oxygen atoms in total. The van der Waals surface area contributed by atoms with Crippen LogP contribution >= 0.6 is 0 Å². The highest BCUT2D eigenvalue weighted by molar-refractivity contribution is 5.87. The zero-order chi connectivity index (χ0) is 26.8. The third kappa shape index (κ3) is 7.54. The normalized spacial score (nSPS) is 11.5. The Balaban J connectivity index is 0.00000186. The fourth-order valence-corrected chi connectivity index (χ4v) is 4.83. The lowest BCUT2D eigenvalue weighted by Gasteiger charge is -2.20. The summed E-state index contributed by atoms with van der Waals surface area (Å²) in [5.41, 5.74) is 3.83. The lowest BCUT2D eigenvalue weighted by Crippen LogP contribution is -2.11.